The van der Waals surface area contributed by atoms with Gasteiger partial charge in [-0.2, -0.15) is 0 Å². The van der Waals surface area contributed by atoms with Crippen LogP contribution < -0.4 is 0 Å². The highest BCUT2D eigenvalue weighted by Gasteiger charge is 2.19. The van der Waals surface area contributed by atoms with Crippen LogP contribution in [0.4, 0.5) is 0 Å². The van der Waals surface area contributed by atoms with Crippen LogP contribution in [0.15, 0.2) is 180 Å². The minimum atomic E-state index is 0.617. The van der Waals surface area contributed by atoms with Crippen LogP contribution in [-0.4, -0.2) is 15.0 Å². The van der Waals surface area contributed by atoms with E-state index >= 15 is 0 Å². The van der Waals surface area contributed by atoms with Crippen LogP contribution >= 0.6 is 0 Å². The van der Waals surface area contributed by atoms with E-state index in [9.17, 15) is 0 Å². The molecule has 0 aliphatic rings. The molecule has 238 valence electrons. The van der Waals surface area contributed by atoms with E-state index < -0.39 is 0 Å². The fourth-order valence-corrected chi connectivity index (χ4v) is 7.13. The van der Waals surface area contributed by atoms with Crippen molar-refractivity contribution in [3.05, 3.63) is 176 Å². The Morgan fingerprint density at radius 2 is 0.824 bits per heavy atom. The van der Waals surface area contributed by atoms with Gasteiger partial charge in [0.05, 0.1) is 0 Å². The number of furan rings is 1. The third-order valence-electron chi connectivity index (χ3n) is 9.70. The molecule has 0 radical (unpaired) electrons. The van der Waals surface area contributed by atoms with Crippen molar-refractivity contribution >= 4 is 43.5 Å². The number of hydrogen-bond donors (Lipinski definition) is 0. The Hall–Kier alpha value is -6.91. The van der Waals surface area contributed by atoms with Crippen LogP contribution in [0.3, 0.4) is 0 Å². The van der Waals surface area contributed by atoms with Gasteiger partial charge in [-0.1, -0.05) is 146 Å². The van der Waals surface area contributed by atoms with Crippen LogP contribution in [0, 0.1) is 0 Å². The first-order valence-corrected chi connectivity index (χ1v) is 17.1. The van der Waals surface area contributed by atoms with Gasteiger partial charge in [-0.25, -0.2) is 15.0 Å². The van der Waals surface area contributed by atoms with Crippen molar-refractivity contribution in [1.29, 1.82) is 0 Å². The van der Waals surface area contributed by atoms with E-state index in [1.54, 1.807) is 0 Å². The molecule has 0 saturated carbocycles. The maximum Gasteiger partial charge on any atom is 0.164 e. The third-order valence-corrected chi connectivity index (χ3v) is 9.70. The van der Waals surface area contributed by atoms with Gasteiger partial charge < -0.3 is 4.42 Å². The summed E-state index contributed by atoms with van der Waals surface area (Å²) in [4.78, 5) is 15.4. The summed E-state index contributed by atoms with van der Waals surface area (Å²) < 4.78 is 6.63. The Labute approximate surface area is 294 Å². The molecule has 0 N–H and O–H groups in total. The summed E-state index contributed by atoms with van der Waals surface area (Å²) in [7, 11) is 0. The molecule has 4 nitrogen and oxygen atoms in total. The van der Waals surface area contributed by atoms with E-state index in [2.05, 4.69) is 133 Å². The molecule has 10 aromatic rings. The number of nitrogens with zero attached hydrogens (tertiary/aromatic N) is 3. The minimum absolute atomic E-state index is 0.617. The molecule has 8 aromatic carbocycles. The largest absolute Gasteiger partial charge is 0.455 e. The highest BCUT2D eigenvalue weighted by molar-refractivity contribution is 6.19. The fraction of sp³-hybridized carbons (Fsp3) is 0. The monoisotopic (exact) mass is 651 g/mol. The molecule has 51 heavy (non-hydrogen) atoms. The lowest BCUT2D eigenvalue weighted by molar-refractivity contribution is 0.673. The van der Waals surface area contributed by atoms with Crippen molar-refractivity contribution in [2.75, 3.05) is 0 Å². The molecular formula is C47H29N3O. The van der Waals surface area contributed by atoms with Crippen LogP contribution in [-0.2, 0) is 0 Å². The molecule has 0 fully saturated rings. The lowest BCUT2D eigenvalue weighted by Crippen LogP contribution is -2.00. The zero-order chi connectivity index (χ0) is 33.7. The van der Waals surface area contributed by atoms with E-state index in [0.717, 1.165) is 71.3 Å². The van der Waals surface area contributed by atoms with Crippen LogP contribution in [0.25, 0.3) is 99.9 Å². The Bertz CT molecular complexity index is 2900. The summed E-state index contributed by atoms with van der Waals surface area (Å²) in [5, 5.41) is 6.42. The molecule has 4 heteroatoms. The van der Waals surface area contributed by atoms with E-state index in [-0.39, 0.29) is 0 Å². The number of rotatable bonds is 5. The lowest BCUT2D eigenvalue weighted by Gasteiger charge is -2.11. The van der Waals surface area contributed by atoms with Gasteiger partial charge in [0.1, 0.15) is 11.2 Å². The maximum absolute atomic E-state index is 6.63. The Morgan fingerprint density at radius 3 is 1.51 bits per heavy atom. The summed E-state index contributed by atoms with van der Waals surface area (Å²) >= 11 is 0. The first kappa shape index (κ1) is 29.0. The average Bonchev–Trinajstić information content (AvgIpc) is 3.59. The van der Waals surface area contributed by atoms with E-state index in [4.69, 9.17) is 19.4 Å². The molecule has 2 heterocycles. The Kier molecular flexibility index (Phi) is 6.78. The van der Waals surface area contributed by atoms with E-state index in [1.807, 2.05) is 42.5 Å². The Balaban J connectivity index is 1.16. The topological polar surface area (TPSA) is 51.8 Å². The number of benzene rings is 8. The first-order chi connectivity index (χ1) is 25.2. The predicted octanol–water partition coefficient (Wildman–Crippen LogP) is 12.4. The van der Waals surface area contributed by atoms with Gasteiger partial charge in [-0.05, 0) is 68.7 Å². The fourth-order valence-electron chi connectivity index (χ4n) is 7.13. The molecular weight excluding hydrogens is 623 g/mol. The summed E-state index contributed by atoms with van der Waals surface area (Å²) in [5.41, 5.74) is 9.17. The molecule has 0 bridgehead atoms. The highest BCUT2D eigenvalue weighted by atomic mass is 16.3. The van der Waals surface area contributed by atoms with Crippen LogP contribution in [0.1, 0.15) is 0 Å². The van der Waals surface area contributed by atoms with Gasteiger partial charge in [0.2, 0.25) is 0 Å². The smallest absolute Gasteiger partial charge is 0.164 e. The molecule has 0 aliphatic carbocycles. The SMILES string of the molecule is c1ccc(-c2ccc3cc(-c4nc(-c5ccccc5)nc(-c5cc6c7ccc(-c8ccccc8)cc7oc6c6ccccc56)n4)ccc3c2)cc1. The van der Waals surface area contributed by atoms with Crippen molar-refractivity contribution in [3.63, 3.8) is 0 Å². The second-order valence-corrected chi connectivity index (χ2v) is 12.8. The summed E-state index contributed by atoms with van der Waals surface area (Å²) in [6.45, 7) is 0. The summed E-state index contributed by atoms with van der Waals surface area (Å²) in [6, 6.07) is 61.0. The van der Waals surface area contributed by atoms with Crippen LogP contribution in [0.2, 0.25) is 0 Å². The van der Waals surface area contributed by atoms with Crippen LogP contribution in [0.5, 0.6) is 0 Å². The van der Waals surface area contributed by atoms with Crippen molar-refractivity contribution < 1.29 is 4.42 Å². The molecule has 0 unspecified atom stereocenters. The average molecular weight is 652 g/mol. The molecule has 0 spiro atoms. The van der Waals surface area contributed by atoms with Crippen molar-refractivity contribution in [1.82, 2.24) is 15.0 Å². The molecule has 0 aliphatic heterocycles. The highest BCUT2D eigenvalue weighted by Crippen LogP contribution is 2.41. The van der Waals surface area contributed by atoms with Gasteiger partial charge >= 0.3 is 0 Å². The zero-order valence-electron chi connectivity index (χ0n) is 27.5. The number of fused-ring (bicyclic) bond motifs is 6. The molecule has 0 amide bonds. The number of aromatic nitrogens is 3. The normalized spacial score (nSPS) is 11.5. The van der Waals surface area contributed by atoms with Gasteiger partial charge in [0.15, 0.2) is 17.5 Å². The molecule has 2 aromatic heterocycles. The predicted molar refractivity (Wildman–Crippen MR) is 209 cm³/mol. The van der Waals surface area contributed by atoms with E-state index in [1.165, 1.54) is 11.1 Å². The van der Waals surface area contributed by atoms with Crippen molar-refractivity contribution in [3.8, 4) is 56.4 Å². The lowest BCUT2D eigenvalue weighted by atomic mass is 9.98. The third kappa shape index (κ3) is 5.13. The maximum atomic E-state index is 6.63. The van der Waals surface area contributed by atoms with E-state index in [0.29, 0.717) is 17.5 Å². The first-order valence-electron chi connectivity index (χ1n) is 17.1. The second-order valence-electron chi connectivity index (χ2n) is 12.8. The standard InChI is InChI=1S/C47H29N3O/c1-4-12-30(13-5-1)33-20-21-35-27-37(23-22-34(35)26-33)46-48-45(32-16-8-3-9-17-32)49-47(50-46)42-29-41-39-25-24-36(31-14-6-2-7-15-31)28-43(39)51-44(41)40-19-11-10-18-38(40)42/h1-29H. The van der Waals surface area contributed by atoms with Crippen molar-refractivity contribution in [2.24, 2.45) is 0 Å². The quantitative estimate of drug-likeness (QED) is 0.186. The van der Waals surface area contributed by atoms with Gasteiger partial charge in [-0.15, -0.1) is 0 Å². The Morgan fingerprint density at radius 1 is 0.314 bits per heavy atom. The second kappa shape index (κ2) is 11.9. The summed E-state index contributed by atoms with van der Waals surface area (Å²) in [6.07, 6.45) is 0. The minimum Gasteiger partial charge on any atom is -0.455 e. The molecule has 10 rings (SSSR count). The zero-order valence-corrected chi connectivity index (χ0v) is 27.5. The molecule has 0 saturated heterocycles. The summed E-state index contributed by atoms with van der Waals surface area (Å²) in [5.74, 6) is 1.87. The van der Waals surface area contributed by atoms with Crippen molar-refractivity contribution in [2.45, 2.75) is 0 Å². The van der Waals surface area contributed by atoms with Gasteiger partial charge in [-0.3, -0.25) is 0 Å². The number of hydrogen-bond acceptors (Lipinski definition) is 4. The van der Waals surface area contributed by atoms with Gasteiger partial charge in [0.25, 0.3) is 0 Å². The molecule has 0 atom stereocenters. The van der Waals surface area contributed by atoms with Gasteiger partial charge in [0, 0.05) is 32.8 Å².